The van der Waals surface area contributed by atoms with E-state index >= 15 is 0 Å². The molecule has 0 spiro atoms. The number of hydrogen-bond donors (Lipinski definition) is 0. The minimum atomic E-state index is 0.396. The molecule has 0 amide bonds. The monoisotopic (exact) mass is 370 g/mol. The molecule has 0 heterocycles. The van der Waals surface area contributed by atoms with Gasteiger partial charge >= 0.3 is 0 Å². The second-order valence-corrected chi connectivity index (χ2v) is 6.09. The molecule has 0 bridgehead atoms. The van der Waals surface area contributed by atoms with Crippen molar-refractivity contribution in [3.05, 3.63) is 68.8 Å². The van der Waals surface area contributed by atoms with Gasteiger partial charge in [0.1, 0.15) is 0 Å². The molecule has 18 heavy (non-hydrogen) atoms. The molecule has 0 radical (unpaired) electrons. The summed E-state index contributed by atoms with van der Waals surface area (Å²) in [6.45, 7) is 2.16. The fourth-order valence-electron chi connectivity index (χ4n) is 2.20. The number of aryl methyl sites for hydroxylation is 1. The highest BCUT2D eigenvalue weighted by Crippen LogP contribution is 2.25. The van der Waals surface area contributed by atoms with Crippen LogP contribution in [0.25, 0.3) is 0 Å². The van der Waals surface area contributed by atoms with Crippen LogP contribution in [0, 0.1) is 10.5 Å². The van der Waals surface area contributed by atoms with Gasteiger partial charge in [-0.25, -0.2) is 0 Å². The van der Waals surface area contributed by atoms with E-state index in [1.165, 1.54) is 20.3 Å². The molecule has 1 unspecified atom stereocenters. The van der Waals surface area contributed by atoms with Gasteiger partial charge in [-0.2, -0.15) is 0 Å². The van der Waals surface area contributed by atoms with E-state index in [-0.39, 0.29) is 0 Å². The van der Waals surface area contributed by atoms with E-state index in [1.54, 1.807) is 0 Å². The van der Waals surface area contributed by atoms with E-state index in [2.05, 4.69) is 78.0 Å². The Hall–Kier alpha value is -0.540. The molecule has 0 aliphatic heterocycles. The predicted molar refractivity (Wildman–Crippen MR) is 87.5 cm³/mol. The van der Waals surface area contributed by atoms with Crippen molar-refractivity contribution in [3.8, 4) is 0 Å². The maximum atomic E-state index is 6.15. The van der Waals surface area contributed by atoms with Gasteiger partial charge in [0, 0.05) is 15.4 Å². The molecular formula is C16H16ClI. The van der Waals surface area contributed by atoms with Gasteiger partial charge in [0.25, 0.3) is 0 Å². The third-order valence-corrected chi connectivity index (χ3v) is 4.30. The number of alkyl halides is 1. The van der Waals surface area contributed by atoms with E-state index in [0.717, 1.165) is 6.42 Å². The zero-order chi connectivity index (χ0) is 13.0. The maximum absolute atomic E-state index is 6.15. The molecule has 0 aromatic heterocycles. The molecule has 0 aliphatic rings. The number of benzene rings is 2. The molecule has 2 rings (SSSR count). The Labute approximate surface area is 128 Å². The molecule has 2 aromatic rings. The van der Waals surface area contributed by atoms with Gasteiger partial charge in [-0.3, -0.25) is 0 Å². The maximum Gasteiger partial charge on any atom is 0.0295 e. The van der Waals surface area contributed by atoms with Crippen LogP contribution in [0.1, 0.15) is 22.6 Å². The summed E-state index contributed by atoms with van der Waals surface area (Å²) in [6, 6.07) is 17.2. The summed E-state index contributed by atoms with van der Waals surface area (Å²) in [4.78, 5) is 0. The molecule has 0 N–H and O–H groups in total. The van der Waals surface area contributed by atoms with Crippen LogP contribution in [0.2, 0.25) is 0 Å². The van der Waals surface area contributed by atoms with Crippen molar-refractivity contribution in [3.63, 3.8) is 0 Å². The molecule has 0 nitrogen and oxygen atoms in total. The summed E-state index contributed by atoms with van der Waals surface area (Å²) < 4.78 is 1.27. The Morgan fingerprint density at radius 1 is 1.06 bits per heavy atom. The lowest BCUT2D eigenvalue weighted by atomic mass is 9.91. The average molecular weight is 371 g/mol. The second kappa shape index (κ2) is 6.58. The summed E-state index contributed by atoms with van der Waals surface area (Å²) in [7, 11) is 0. The van der Waals surface area contributed by atoms with E-state index in [4.69, 9.17) is 11.6 Å². The summed E-state index contributed by atoms with van der Waals surface area (Å²) in [5.41, 5.74) is 4.05. The van der Waals surface area contributed by atoms with E-state index < -0.39 is 0 Å². The zero-order valence-electron chi connectivity index (χ0n) is 10.4. The van der Waals surface area contributed by atoms with Gasteiger partial charge < -0.3 is 0 Å². The lowest BCUT2D eigenvalue weighted by Gasteiger charge is -2.17. The average Bonchev–Trinajstić information content (AvgIpc) is 2.39. The molecule has 2 heteroatoms. The van der Waals surface area contributed by atoms with E-state index in [9.17, 15) is 0 Å². The topological polar surface area (TPSA) is 0 Å². The van der Waals surface area contributed by atoms with Crippen LogP contribution >= 0.6 is 34.2 Å². The Morgan fingerprint density at radius 3 is 2.33 bits per heavy atom. The highest BCUT2D eigenvalue weighted by Gasteiger charge is 2.13. The van der Waals surface area contributed by atoms with Crippen molar-refractivity contribution < 1.29 is 0 Å². The first kappa shape index (κ1) is 13.9. The van der Waals surface area contributed by atoms with Crippen LogP contribution in [-0.4, -0.2) is 5.88 Å². The van der Waals surface area contributed by atoms with E-state index in [0.29, 0.717) is 11.8 Å². The number of rotatable bonds is 4. The van der Waals surface area contributed by atoms with Crippen LogP contribution in [0.3, 0.4) is 0 Å². The van der Waals surface area contributed by atoms with Crippen molar-refractivity contribution >= 4 is 34.2 Å². The SMILES string of the molecule is Cc1ccccc1C(CCl)Cc1ccc(I)cc1. The molecule has 1 atom stereocenters. The normalized spacial score (nSPS) is 12.4. The Morgan fingerprint density at radius 2 is 1.72 bits per heavy atom. The van der Waals surface area contributed by atoms with Crippen molar-refractivity contribution in [2.24, 2.45) is 0 Å². The van der Waals surface area contributed by atoms with Crippen molar-refractivity contribution in [1.29, 1.82) is 0 Å². The highest BCUT2D eigenvalue weighted by molar-refractivity contribution is 14.1. The molecule has 2 aromatic carbocycles. The van der Waals surface area contributed by atoms with Crippen LogP contribution in [0.5, 0.6) is 0 Å². The first-order chi connectivity index (χ1) is 8.70. The second-order valence-electron chi connectivity index (χ2n) is 4.54. The first-order valence-electron chi connectivity index (χ1n) is 6.06. The zero-order valence-corrected chi connectivity index (χ0v) is 13.3. The molecule has 0 aliphatic carbocycles. The van der Waals surface area contributed by atoms with Gasteiger partial charge in [0.15, 0.2) is 0 Å². The van der Waals surface area contributed by atoms with Crippen LogP contribution in [0.4, 0.5) is 0 Å². The Bertz CT molecular complexity index is 505. The van der Waals surface area contributed by atoms with Gasteiger partial charge in [0.2, 0.25) is 0 Å². The molecule has 0 saturated carbocycles. The molecule has 0 fully saturated rings. The summed E-state index contributed by atoms with van der Waals surface area (Å²) in [5, 5.41) is 0. The summed E-state index contributed by atoms with van der Waals surface area (Å²) in [6.07, 6.45) is 1.01. The largest absolute Gasteiger partial charge is 0.126 e. The van der Waals surface area contributed by atoms with Crippen molar-refractivity contribution in [2.45, 2.75) is 19.3 Å². The van der Waals surface area contributed by atoms with E-state index in [1.807, 2.05) is 0 Å². The van der Waals surface area contributed by atoms with Gasteiger partial charge in [-0.1, -0.05) is 36.4 Å². The first-order valence-corrected chi connectivity index (χ1v) is 7.68. The number of halogens is 2. The standard InChI is InChI=1S/C16H16ClI/c1-12-4-2-3-5-16(12)14(11-17)10-13-6-8-15(18)9-7-13/h2-9,14H,10-11H2,1H3. The Kier molecular flexibility index (Phi) is 5.07. The van der Waals surface area contributed by atoms with Crippen molar-refractivity contribution in [1.82, 2.24) is 0 Å². The predicted octanol–water partition coefficient (Wildman–Crippen LogP) is 5.16. The van der Waals surface area contributed by atoms with Crippen molar-refractivity contribution in [2.75, 3.05) is 5.88 Å². The minimum Gasteiger partial charge on any atom is -0.126 e. The lowest BCUT2D eigenvalue weighted by Crippen LogP contribution is -2.06. The number of hydrogen-bond acceptors (Lipinski definition) is 0. The highest BCUT2D eigenvalue weighted by atomic mass is 127. The van der Waals surface area contributed by atoms with Gasteiger partial charge in [-0.15, -0.1) is 11.6 Å². The van der Waals surface area contributed by atoms with Gasteiger partial charge in [-0.05, 0) is 64.8 Å². The fourth-order valence-corrected chi connectivity index (χ4v) is 2.83. The smallest absolute Gasteiger partial charge is 0.0295 e. The lowest BCUT2D eigenvalue weighted by molar-refractivity contribution is 0.760. The Balaban J connectivity index is 2.20. The summed E-state index contributed by atoms with van der Waals surface area (Å²) >= 11 is 8.48. The van der Waals surface area contributed by atoms with Gasteiger partial charge in [0.05, 0.1) is 0 Å². The molecule has 94 valence electrons. The fraction of sp³-hybridized carbons (Fsp3) is 0.250. The molecular weight excluding hydrogens is 355 g/mol. The summed E-state index contributed by atoms with van der Waals surface area (Å²) in [5.74, 6) is 1.06. The third-order valence-electron chi connectivity index (χ3n) is 3.21. The van der Waals surface area contributed by atoms with Crippen LogP contribution in [-0.2, 0) is 6.42 Å². The van der Waals surface area contributed by atoms with Crippen LogP contribution in [0.15, 0.2) is 48.5 Å². The van der Waals surface area contributed by atoms with Crippen LogP contribution < -0.4 is 0 Å². The minimum absolute atomic E-state index is 0.396. The third kappa shape index (κ3) is 3.48. The quantitative estimate of drug-likeness (QED) is 0.515. The molecule has 0 saturated heterocycles.